The van der Waals surface area contributed by atoms with Crippen LogP contribution in [-0.4, -0.2) is 18.1 Å². The lowest BCUT2D eigenvalue weighted by atomic mass is 9.88. The third-order valence-electron chi connectivity index (χ3n) is 5.97. The average Bonchev–Trinajstić information content (AvgIpc) is 3.26. The average molecular weight is 383 g/mol. The molecule has 0 saturated heterocycles. The van der Waals surface area contributed by atoms with E-state index in [4.69, 9.17) is 9.15 Å². The van der Waals surface area contributed by atoms with Crippen molar-refractivity contribution in [2.24, 2.45) is 0 Å². The van der Waals surface area contributed by atoms with Gasteiger partial charge in [0.1, 0.15) is 17.4 Å². The van der Waals surface area contributed by atoms with Gasteiger partial charge in [-0.2, -0.15) is 0 Å². The molecule has 29 heavy (non-hydrogen) atoms. The molecule has 2 N–H and O–H groups in total. The standard InChI is InChI=1S/C24H21N3O2/c1-2-4-19-16(3-1)9-18(12-25-19)15-5-7-21-23(10-15)29-24(13-26-21)17-6-8-20-22(11-17)28-14-27-20/h1-8,10-11,14,18,24-26H,9,12-13H2. The Balaban J connectivity index is 1.27. The largest absolute Gasteiger partial charge is 0.482 e. The SMILES string of the molecule is c1ccc2c(c1)CC(c1ccc3c(c1)OC(c1ccc4ncoc4c1)CN3)CN2. The van der Waals surface area contributed by atoms with Gasteiger partial charge >= 0.3 is 0 Å². The molecule has 4 aromatic rings. The number of aromatic nitrogens is 1. The van der Waals surface area contributed by atoms with Crippen molar-refractivity contribution in [2.75, 3.05) is 23.7 Å². The van der Waals surface area contributed by atoms with Gasteiger partial charge in [0.25, 0.3) is 0 Å². The summed E-state index contributed by atoms with van der Waals surface area (Å²) in [6.45, 7) is 1.67. The second-order valence-electron chi connectivity index (χ2n) is 7.76. The highest BCUT2D eigenvalue weighted by Crippen LogP contribution is 2.38. The number of hydrogen-bond acceptors (Lipinski definition) is 5. The van der Waals surface area contributed by atoms with Crippen molar-refractivity contribution < 1.29 is 9.15 Å². The summed E-state index contributed by atoms with van der Waals surface area (Å²) in [5, 5.41) is 7.08. The zero-order valence-corrected chi connectivity index (χ0v) is 15.9. The van der Waals surface area contributed by atoms with Crippen LogP contribution < -0.4 is 15.4 Å². The van der Waals surface area contributed by atoms with E-state index in [-0.39, 0.29) is 6.10 Å². The van der Waals surface area contributed by atoms with E-state index < -0.39 is 0 Å². The summed E-state index contributed by atoms with van der Waals surface area (Å²) in [7, 11) is 0. The molecule has 5 nitrogen and oxygen atoms in total. The smallest absolute Gasteiger partial charge is 0.181 e. The van der Waals surface area contributed by atoms with Crippen LogP contribution in [0.1, 0.15) is 28.7 Å². The van der Waals surface area contributed by atoms with E-state index in [0.29, 0.717) is 5.92 Å². The molecule has 0 bridgehead atoms. The molecule has 2 atom stereocenters. The number of oxazole rings is 1. The van der Waals surface area contributed by atoms with Crippen LogP contribution >= 0.6 is 0 Å². The number of benzene rings is 3. The Bertz CT molecular complexity index is 1200. The van der Waals surface area contributed by atoms with Crippen LogP contribution in [0.25, 0.3) is 11.1 Å². The topological polar surface area (TPSA) is 59.3 Å². The lowest BCUT2D eigenvalue weighted by molar-refractivity contribution is 0.210. The fourth-order valence-electron chi connectivity index (χ4n) is 4.37. The molecule has 2 aliphatic rings. The van der Waals surface area contributed by atoms with Gasteiger partial charge < -0.3 is 19.8 Å². The van der Waals surface area contributed by atoms with Crippen molar-refractivity contribution in [3.05, 3.63) is 83.7 Å². The molecule has 144 valence electrons. The molecular weight excluding hydrogens is 362 g/mol. The van der Waals surface area contributed by atoms with E-state index in [0.717, 1.165) is 47.6 Å². The van der Waals surface area contributed by atoms with Crippen LogP contribution in [0.2, 0.25) is 0 Å². The number of anilines is 2. The molecule has 2 unspecified atom stereocenters. The lowest BCUT2D eigenvalue weighted by Gasteiger charge is -2.30. The van der Waals surface area contributed by atoms with Crippen LogP contribution in [0, 0.1) is 0 Å². The molecule has 0 spiro atoms. The number of ether oxygens (including phenoxy) is 1. The molecule has 0 aliphatic carbocycles. The van der Waals surface area contributed by atoms with Crippen molar-refractivity contribution >= 4 is 22.5 Å². The van der Waals surface area contributed by atoms with Crippen LogP contribution in [0.3, 0.4) is 0 Å². The van der Waals surface area contributed by atoms with Gasteiger partial charge in [0, 0.05) is 18.2 Å². The molecule has 2 aliphatic heterocycles. The van der Waals surface area contributed by atoms with Gasteiger partial charge in [0.2, 0.25) is 0 Å². The Morgan fingerprint density at radius 3 is 2.76 bits per heavy atom. The fourth-order valence-corrected chi connectivity index (χ4v) is 4.37. The lowest BCUT2D eigenvalue weighted by Crippen LogP contribution is -2.25. The van der Waals surface area contributed by atoms with Crippen molar-refractivity contribution in [1.82, 2.24) is 4.98 Å². The first-order chi connectivity index (χ1) is 14.3. The Morgan fingerprint density at radius 1 is 0.862 bits per heavy atom. The molecular formula is C24H21N3O2. The molecule has 6 rings (SSSR count). The van der Waals surface area contributed by atoms with Crippen LogP contribution in [0.5, 0.6) is 5.75 Å². The summed E-state index contributed by atoms with van der Waals surface area (Å²) in [6.07, 6.45) is 2.46. The minimum atomic E-state index is -0.0579. The van der Waals surface area contributed by atoms with Crippen molar-refractivity contribution in [2.45, 2.75) is 18.4 Å². The molecule has 0 fully saturated rings. The summed E-state index contributed by atoms with van der Waals surface area (Å²) in [5.74, 6) is 1.35. The van der Waals surface area contributed by atoms with E-state index in [1.807, 2.05) is 12.1 Å². The monoisotopic (exact) mass is 383 g/mol. The number of para-hydroxylation sites is 1. The third kappa shape index (κ3) is 2.90. The molecule has 1 aromatic heterocycles. The molecule has 3 aromatic carbocycles. The summed E-state index contributed by atoms with van der Waals surface area (Å²) in [5.41, 5.74) is 7.73. The second kappa shape index (κ2) is 6.55. The number of hydrogen-bond donors (Lipinski definition) is 2. The van der Waals surface area contributed by atoms with Gasteiger partial charge in [-0.05, 0) is 53.4 Å². The maximum atomic E-state index is 6.40. The first kappa shape index (κ1) is 16.5. The Kier molecular flexibility index (Phi) is 3.72. The predicted molar refractivity (Wildman–Crippen MR) is 114 cm³/mol. The maximum absolute atomic E-state index is 6.40. The van der Waals surface area contributed by atoms with E-state index in [2.05, 4.69) is 64.1 Å². The van der Waals surface area contributed by atoms with Crippen LogP contribution in [0.15, 0.2) is 71.5 Å². The molecule has 3 heterocycles. The molecule has 0 amide bonds. The first-order valence-electron chi connectivity index (χ1n) is 10.0. The van der Waals surface area contributed by atoms with Gasteiger partial charge in [0.05, 0.1) is 12.2 Å². The van der Waals surface area contributed by atoms with Crippen LogP contribution in [0.4, 0.5) is 11.4 Å². The second-order valence-corrected chi connectivity index (χ2v) is 7.76. The zero-order valence-electron chi connectivity index (χ0n) is 15.9. The third-order valence-corrected chi connectivity index (χ3v) is 5.97. The fraction of sp³-hybridized carbons (Fsp3) is 0.208. The Morgan fingerprint density at radius 2 is 1.76 bits per heavy atom. The predicted octanol–water partition coefficient (Wildman–Crippen LogP) is 5.13. The van der Waals surface area contributed by atoms with E-state index in [9.17, 15) is 0 Å². The van der Waals surface area contributed by atoms with Crippen molar-refractivity contribution in [3.8, 4) is 5.75 Å². The zero-order chi connectivity index (χ0) is 19.2. The first-order valence-corrected chi connectivity index (χ1v) is 10.0. The van der Waals surface area contributed by atoms with Gasteiger partial charge in [0.15, 0.2) is 12.0 Å². The minimum absolute atomic E-state index is 0.0579. The number of fused-ring (bicyclic) bond motifs is 3. The number of rotatable bonds is 2. The van der Waals surface area contributed by atoms with Gasteiger partial charge in [-0.1, -0.05) is 30.3 Å². The quantitative estimate of drug-likeness (QED) is 0.503. The van der Waals surface area contributed by atoms with E-state index in [1.165, 1.54) is 23.2 Å². The van der Waals surface area contributed by atoms with Crippen LogP contribution in [-0.2, 0) is 6.42 Å². The van der Waals surface area contributed by atoms with Gasteiger partial charge in [-0.15, -0.1) is 0 Å². The van der Waals surface area contributed by atoms with Crippen molar-refractivity contribution in [1.29, 1.82) is 0 Å². The Labute approximate surface area is 168 Å². The minimum Gasteiger partial charge on any atom is -0.482 e. The highest BCUT2D eigenvalue weighted by atomic mass is 16.5. The van der Waals surface area contributed by atoms with Crippen molar-refractivity contribution in [3.63, 3.8) is 0 Å². The molecule has 0 radical (unpaired) electrons. The number of nitrogens with zero attached hydrogens (tertiary/aromatic N) is 1. The summed E-state index contributed by atoms with van der Waals surface area (Å²) < 4.78 is 11.9. The summed E-state index contributed by atoms with van der Waals surface area (Å²) in [6, 6.07) is 21.2. The van der Waals surface area contributed by atoms with Gasteiger partial charge in [-0.25, -0.2) is 4.98 Å². The Hall–Kier alpha value is -3.47. The normalized spacial score (nSPS) is 20.1. The summed E-state index contributed by atoms with van der Waals surface area (Å²) in [4.78, 5) is 4.19. The highest BCUT2D eigenvalue weighted by molar-refractivity contribution is 5.73. The summed E-state index contributed by atoms with van der Waals surface area (Å²) >= 11 is 0. The van der Waals surface area contributed by atoms with Gasteiger partial charge in [-0.3, -0.25) is 0 Å². The molecule has 5 heteroatoms. The van der Waals surface area contributed by atoms with E-state index in [1.54, 1.807) is 0 Å². The number of nitrogens with one attached hydrogen (secondary N) is 2. The molecule has 0 saturated carbocycles. The maximum Gasteiger partial charge on any atom is 0.181 e. The highest BCUT2D eigenvalue weighted by Gasteiger charge is 2.25. The van der Waals surface area contributed by atoms with E-state index >= 15 is 0 Å².